The van der Waals surface area contributed by atoms with E-state index in [1.807, 2.05) is 6.08 Å². The van der Waals surface area contributed by atoms with Crippen LogP contribution in [0.3, 0.4) is 0 Å². The minimum atomic E-state index is 1.04. The van der Waals surface area contributed by atoms with E-state index in [1.165, 1.54) is 16.8 Å². The molecule has 0 bridgehead atoms. The van der Waals surface area contributed by atoms with Gasteiger partial charge in [0.15, 0.2) is 0 Å². The molecule has 1 saturated heterocycles. The zero-order valence-corrected chi connectivity index (χ0v) is 14.0. The van der Waals surface area contributed by atoms with Crippen LogP contribution in [0.5, 0.6) is 0 Å². The first-order chi connectivity index (χ1) is 10.8. The molecule has 0 amide bonds. The summed E-state index contributed by atoms with van der Waals surface area (Å²) in [5.41, 5.74) is 3.95. The van der Waals surface area contributed by atoms with Gasteiger partial charge < -0.3 is 4.90 Å². The second-order valence-corrected chi connectivity index (χ2v) is 5.75. The van der Waals surface area contributed by atoms with Crippen LogP contribution in [0.1, 0.15) is 31.4 Å². The average molecular weight is 296 g/mol. The van der Waals surface area contributed by atoms with E-state index in [9.17, 15) is 0 Å². The van der Waals surface area contributed by atoms with Crippen molar-refractivity contribution in [2.24, 2.45) is 0 Å². The molecule has 2 rings (SSSR count). The molecular formula is C20H28N2. The number of rotatable bonds is 6. The lowest BCUT2D eigenvalue weighted by molar-refractivity contribution is 0.155. The Morgan fingerprint density at radius 2 is 1.82 bits per heavy atom. The highest BCUT2D eigenvalue weighted by Gasteiger charge is 2.17. The summed E-state index contributed by atoms with van der Waals surface area (Å²) in [5.74, 6) is 0. The second-order valence-electron chi connectivity index (χ2n) is 5.75. The maximum Gasteiger partial charge on any atom is 0.0323 e. The van der Waals surface area contributed by atoms with E-state index in [2.05, 4.69) is 72.7 Å². The van der Waals surface area contributed by atoms with Crippen molar-refractivity contribution in [2.45, 2.75) is 26.8 Å². The van der Waals surface area contributed by atoms with Crippen LogP contribution in [0.2, 0.25) is 0 Å². The summed E-state index contributed by atoms with van der Waals surface area (Å²) in [6, 6.07) is 8.72. The van der Waals surface area contributed by atoms with Crippen molar-refractivity contribution in [1.29, 1.82) is 0 Å². The van der Waals surface area contributed by atoms with Crippen molar-refractivity contribution in [1.82, 2.24) is 9.80 Å². The Morgan fingerprint density at radius 1 is 1.14 bits per heavy atom. The first-order valence-corrected chi connectivity index (χ1v) is 8.28. The van der Waals surface area contributed by atoms with Gasteiger partial charge in [0.2, 0.25) is 0 Å². The van der Waals surface area contributed by atoms with Gasteiger partial charge in [0.05, 0.1) is 0 Å². The van der Waals surface area contributed by atoms with Crippen molar-refractivity contribution in [3.05, 3.63) is 65.9 Å². The molecule has 1 fully saturated rings. The summed E-state index contributed by atoms with van der Waals surface area (Å²) >= 11 is 0. The van der Waals surface area contributed by atoms with Gasteiger partial charge in [-0.3, -0.25) is 4.90 Å². The summed E-state index contributed by atoms with van der Waals surface area (Å²) in [6.45, 7) is 13.6. The fourth-order valence-corrected chi connectivity index (χ4v) is 2.86. The third kappa shape index (κ3) is 4.60. The molecule has 0 N–H and O–H groups in total. The quantitative estimate of drug-likeness (QED) is 0.721. The van der Waals surface area contributed by atoms with Crippen LogP contribution in [0.15, 0.2) is 54.8 Å². The first-order valence-electron chi connectivity index (χ1n) is 8.28. The normalized spacial score (nSPS) is 17.2. The Hall–Kier alpha value is -1.80. The standard InChI is InChI=1S/C20H28N2/c1-4-7-20(8-5-2)22-15-13-21(14-16-22)17-19-11-9-18(6-3)10-12-19/h4,6-12H,3,5,13-17H2,1-2H3/b7-4-,20-8+. The highest BCUT2D eigenvalue weighted by Crippen LogP contribution is 2.15. The van der Waals surface area contributed by atoms with Gasteiger partial charge in [-0.05, 0) is 30.5 Å². The Kier molecular flexibility index (Phi) is 6.47. The first kappa shape index (κ1) is 16.6. The molecule has 0 spiro atoms. The van der Waals surface area contributed by atoms with Crippen molar-refractivity contribution >= 4 is 6.08 Å². The molecule has 0 aliphatic carbocycles. The second kappa shape index (κ2) is 8.60. The predicted octanol–water partition coefficient (Wildman–Crippen LogP) is 4.32. The fourth-order valence-electron chi connectivity index (χ4n) is 2.86. The molecular weight excluding hydrogens is 268 g/mol. The minimum absolute atomic E-state index is 1.04. The Morgan fingerprint density at radius 3 is 2.36 bits per heavy atom. The molecule has 1 aromatic rings. The summed E-state index contributed by atoms with van der Waals surface area (Å²) in [4.78, 5) is 5.04. The monoisotopic (exact) mass is 296 g/mol. The molecule has 2 heteroatoms. The lowest BCUT2D eigenvalue weighted by Crippen LogP contribution is -2.45. The molecule has 118 valence electrons. The molecule has 2 nitrogen and oxygen atoms in total. The van der Waals surface area contributed by atoms with Crippen molar-refractivity contribution < 1.29 is 0 Å². The number of benzene rings is 1. The van der Waals surface area contributed by atoms with Crippen LogP contribution < -0.4 is 0 Å². The Bertz CT molecular complexity index is 517. The van der Waals surface area contributed by atoms with Crippen molar-refractivity contribution in [2.75, 3.05) is 26.2 Å². The van der Waals surface area contributed by atoms with Crippen LogP contribution in [0, 0.1) is 0 Å². The maximum absolute atomic E-state index is 3.80. The average Bonchev–Trinajstić information content (AvgIpc) is 2.56. The van der Waals surface area contributed by atoms with Crippen molar-refractivity contribution in [3.63, 3.8) is 0 Å². The number of hydrogen-bond donors (Lipinski definition) is 0. The van der Waals surface area contributed by atoms with E-state index in [4.69, 9.17) is 0 Å². The molecule has 1 aliphatic rings. The van der Waals surface area contributed by atoms with Gasteiger partial charge in [-0.1, -0.05) is 56.0 Å². The third-order valence-electron chi connectivity index (χ3n) is 4.11. The number of nitrogens with zero attached hydrogens (tertiary/aromatic N) is 2. The summed E-state index contributed by atoms with van der Waals surface area (Å²) in [7, 11) is 0. The Labute approximate surface area is 135 Å². The van der Waals surface area contributed by atoms with Gasteiger partial charge in [-0.25, -0.2) is 0 Å². The van der Waals surface area contributed by atoms with E-state index in [1.54, 1.807) is 0 Å². The zero-order valence-electron chi connectivity index (χ0n) is 14.0. The minimum Gasteiger partial charge on any atom is -0.369 e. The maximum atomic E-state index is 3.80. The third-order valence-corrected chi connectivity index (χ3v) is 4.11. The van der Waals surface area contributed by atoms with E-state index in [0.717, 1.165) is 39.1 Å². The SMILES string of the molecule is C=Cc1ccc(CN2CCN(C(/C=C\C)=C/CC)CC2)cc1. The number of piperazine rings is 1. The smallest absolute Gasteiger partial charge is 0.0323 e. The van der Waals surface area contributed by atoms with Crippen LogP contribution in [0.4, 0.5) is 0 Å². The molecule has 0 aromatic heterocycles. The summed E-state index contributed by atoms with van der Waals surface area (Å²) in [6.07, 6.45) is 9.67. The van der Waals surface area contributed by atoms with E-state index in [-0.39, 0.29) is 0 Å². The molecule has 0 radical (unpaired) electrons. The van der Waals surface area contributed by atoms with Gasteiger partial charge in [-0.15, -0.1) is 0 Å². The van der Waals surface area contributed by atoms with Gasteiger partial charge in [0.25, 0.3) is 0 Å². The molecule has 1 aromatic carbocycles. The largest absolute Gasteiger partial charge is 0.369 e. The van der Waals surface area contributed by atoms with Gasteiger partial charge >= 0.3 is 0 Å². The summed E-state index contributed by atoms with van der Waals surface area (Å²) in [5, 5.41) is 0. The number of allylic oxidation sites excluding steroid dienone is 3. The molecule has 0 unspecified atom stereocenters. The van der Waals surface area contributed by atoms with Crippen LogP contribution in [0.25, 0.3) is 6.08 Å². The Balaban J connectivity index is 1.88. The van der Waals surface area contributed by atoms with Crippen LogP contribution >= 0.6 is 0 Å². The van der Waals surface area contributed by atoms with Crippen LogP contribution in [-0.2, 0) is 6.54 Å². The van der Waals surface area contributed by atoms with Gasteiger partial charge in [0.1, 0.15) is 0 Å². The van der Waals surface area contributed by atoms with Gasteiger partial charge in [0, 0.05) is 38.4 Å². The van der Waals surface area contributed by atoms with Crippen molar-refractivity contribution in [3.8, 4) is 0 Å². The highest BCUT2D eigenvalue weighted by molar-refractivity contribution is 5.47. The molecule has 0 atom stereocenters. The molecule has 1 heterocycles. The molecule has 0 saturated carbocycles. The highest BCUT2D eigenvalue weighted by atomic mass is 15.3. The van der Waals surface area contributed by atoms with E-state index >= 15 is 0 Å². The molecule has 22 heavy (non-hydrogen) atoms. The topological polar surface area (TPSA) is 6.48 Å². The summed E-state index contributed by atoms with van der Waals surface area (Å²) < 4.78 is 0. The lowest BCUT2D eigenvalue weighted by Gasteiger charge is -2.36. The fraction of sp³-hybridized carbons (Fsp3) is 0.400. The van der Waals surface area contributed by atoms with Gasteiger partial charge in [-0.2, -0.15) is 0 Å². The van der Waals surface area contributed by atoms with Crippen LogP contribution in [-0.4, -0.2) is 36.0 Å². The zero-order chi connectivity index (χ0) is 15.8. The predicted molar refractivity (Wildman–Crippen MR) is 96.6 cm³/mol. The molecule has 1 aliphatic heterocycles. The van der Waals surface area contributed by atoms with E-state index < -0.39 is 0 Å². The number of hydrogen-bond acceptors (Lipinski definition) is 2. The van der Waals surface area contributed by atoms with E-state index in [0.29, 0.717) is 0 Å². The lowest BCUT2D eigenvalue weighted by atomic mass is 10.1.